The minimum Gasteiger partial charge on any atom is -0.385 e. The van der Waals surface area contributed by atoms with Crippen molar-refractivity contribution in [1.29, 1.82) is 0 Å². The van der Waals surface area contributed by atoms with Crippen molar-refractivity contribution in [2.24, 2.45) is 0 Å². The Balaban J connectivity index is 2.62. The first-order chi connectivity index (χ1) is 8.42. The van der Waals surface area contributed by atoms with Crippen molar-refractivity contribution in [2.75, 3.05) is 22.8 Å². The lowest BCUT2D eigenvalue weighted by molar-refractivity contribution is 0.607. The number of hydrogen-bond donors (Lipinski definition) is 2. The van der Waals surface area contributed by atoms with Crippen molar-refractivity contribution in [3.05, 3.63) is 23.8 Å². The molecular weight excluding hydrogens is 248 g/mol. The van der Waals surface area contributed by atoms with Gasteiger partial charge in [0.2, 0.25) is 10.0 Å². The molecule has 0 aliphatic rings. The summed E-state index contributed by atoms with van der Waals surface area (Å²) in [6.45, 7) is 5.02. The van der Waals surface area contributed by atoms with E-state index in [1.807, 2.05) is 19.1 Å². The normalized spacial score (nSPS) is 11.3. The van der Waals surface area contributed by atoms with Crippen LogP contribution in [0.4, 0.5) is 11.4 Å². The van der Waals surface area contributed by atoms with Gasteiger partial charge >= 0.3 is 0 Å². The Morgan fingerprint density at radius 2 is 1.94 bits per heavy atom. The van der Waals surface area contributed by atoms with Gasteiger partial charge in [-0.1, -0.05) is 19.8 Å². The van der Waals surface area contributed by atoms with Crippen LogP contribution < -0.4 is 10.0 Å². The van der Waals surface area contributed by atoms with E-state index in [-0.39, 0.29) is 0 Å². The zero-order valence-corrected chi connectivity index (χ0v) is 12.1. The Labute approximate surface area is 110 Å². The maximum atomic E-state index is 11.2. The van der Waals surface area contributed by atoms with Gasteiger partial charge in [0.05, 0.1) is 11.9 Å². The van der Waals surface area contributed by atoms with Crippen molar-refractivity contribution in [1.82, 2.24) is 0 Å². The van der Waals surface area contributed by atoms with Crippen molar-refractivity contribution < 1.29 is 8.42 Å². The molecule has 0 spiro atoms. The molecule has 0 heterocycles. The molecule has 0 atom stereocenters. The van der Waals surface area contributed by atoms with Crippen LogP contribution in [-0.2, 0) is 10.0 Å². The van der Waals surface area contributed by atoms with Crippen LogP contribution in [0.5, 0.6) is 0 Å². The summed E-state index contributed by atoms with van der Waals surface area (Å²) in [5, 5.41) is 3.33. The Hall–Kier alpha value is -1.23. The van der Waals surface area contributed by atoms with Gasteiger partial charge in [-0.05, 0) is 37.1 Å². The van der Waals surface area contributed by atoms with Gasteiger partial charge in [-0.3, -0.25) is 4.72 Å². The Kier molecular flexibility index (Phi) is 5.47. The van der Waals surface area contributed by atoms with E-state index in [1.54, 1.807) is 6.07 Å². The van der Waals surface area contributed by atoms with Gasteiger partial charge in [0.1, 0.15) is 0 Å². The van der Waals surface area contributed by atoms with E-state index in [0.717, 1.165) is 30.5 Å². The van der Waals surface area contributed by atoms with E-state index in [0.29, 0.717) is 5.69 Å². The summed E-state index contributed by atoms with van der Waals surface area (Å²) in [6.07, 6.45) is 4.74. The van der Waals surface area contributed by atoms with E-state index >= 15 is 0 Å². The number of anilines is 2. The maximum absolute atomic E-state index is 11.2. The molecule has 0 unspecified atom stereocenters. The van der Waals surface area contributed by atoms with Crippen LogP contribution in [0.15, 0.2) is 18.2 Å². The quantitative estimate of drug-likeness (QED) is 0.749. The molecule has 0 bridgehead atoms. The summed E-state index contributed by atoms with van der Waals surface area (Å²) >= 11 is 0. The third-order valence-electron chi connectivity index (χ3n) is 2.63. The lowest BCUT2D eigenvalue weighted by Gasteiger charge is -2.11. The molecule has 1 aromatic carbocycles. The summed E-state index contributed by atoms with van der Waals surface area (Å²) < 4.78 is 24.8. The Morgan fingerprint density at radius 1 is 1.22 bits per heavy atom. The van der Waals surface area contributed by atoms with E-state index in [2.05, 4.69) is 17.0 Å². The van der Waals surface area contributed by atoms with Crippen LogP contribution in [0.3, 0.4) is 0 Å². The molecule has 102 valence electrons. The number of rotatable bonds is 7. The van der Waals surface area contributed by atoms with Gasteiger partial charge in [0.15, 0.2) is 0 Å². The maximum Gasteiger partial charge on any atom is 0.229 e. The summed E-state index contributed by atoms with van der Waals surface area (Å²) in [6, 6.07) is 5.64. The number of nitrogens with one attached hydrogen (secondary N) is 2. The van der Waals surface area contributed by atoms with Crippen molar-refractivity contribution in [2.45, 2.75) is 33.1 Å². The second-order valence-electron chi connectivity index (χ2n) is 4.54. The van der Waals surface area contributed by atoms with Crippen molar-refractivity contribution in [3.63, 3.8) is 0 Å². The van der Waals surface area contributed by atoms with E-state index in [4.69, 9.17) is 0 Å². The molecule has 0 aliphatic heterocycles. The highest BCUT2D eigenvalue weighted by atomic mass is 32.2. The third-order valence-corrected chi connectivity index (χ3v) is 3.22. The predicted octanol–water partition coefficient (Wildman–Crippen LogP) is 2.97. The van der Waals surface area contributed by atoms with Crippen LogP contribution in [0.25, 0.3) is 0 Å². The van der Waals surface area contributed by atoms with Crippen LogP contribution in [0.2, 0.25) is 0 Å². The van der Waals surface area contributed by atoms with Crippen LogP contribution >= 0.6 is 0 Å². The van der Waals surface area contributed by atoms with Gasteiger partial charge in [0.25, 0.3) is 0 Å². The molecule has 5 heteroatoms. The molecule has 18 heavy (non-hydrogen) atoms. The zero-order chi connectivity index (χ0) is 13.6. The smallest absolute Gasteiger partial charge is 0.229 e. The average molecular weight is 270 g/mol. The van der Waals surface area contributed by atoms with Crippen LogP contribution in [-0.4, -0.2) is 21.2 Å². The molecule has 1 aromatic rings. The molecule has 0 saturated heterocycles. The van der Waals surface area contributed by atoms with Gasteiger partial charge in [-0.15, -0.1) is 0 Å². The number of benzene rings is 1. The summed E-state index contributed by atoms with van der Waals surface area (Å²) in [4.78, 5) is 0. The predicted molar refractivity (Wildman–Crippen MR) is 77.7 cm³/mol. The second kappa shape index (κ2) is 6.64. The summed E-state index contributed by atoms with van der Waals surface area (Å²) in [7, 11) is -3.21. The van der Waals surface area contributed by atoms with Crippen LogP contribution in [0, 0.1) is 6.92 Å². The number of sulfonamides is 1. The number of aryl methyl sites for hydroxylation is 1. The van der Waals surface area contributed by atoms with E-state index < -0.39 is 10.0 Å². The lowest BCUT2D eigenvalue weighted by atomic mass is 10.2. The lowest BCUT2D eigenvalue weighted by Crippen LogP contribution is -2.11. The van der Waals surface area contributed by atoms with Gasteiger partial charge in [0, 0.05) is 12.2 Å². The minimum atomic E-state index is -3.21. The largest absolute Gasteiger partial charge is 0.385 e. The molecule has 1 rings (SSSR count). The fourth-order valence-corrected chi connectivity index (χ4v) is 2.32. The zero-order valence-electron chi connectivity index (χ0n) is 11.3. The van der Waals surface area contributed by atoms with E-state index in [9.17, 15) is 8.42 Å². The summed E-state index contributed by atoms with van der Waals surface area (Å²) in [5.74, 6) is 0. The molecule has 0 aromatic heterocycles. The first-order valence-corrected chi connectivity index (χ1v) is 8.14. The number of unbranched alkanes of at least 4 members (excludes halogenated alkanes) is 2. The first kappa shape index (κ1) is 14.8. The Morgan fingerprint density at radius 3 is 2.50 bits per heavy atom. The fraction of sp³-hybridized carbons (Fsp3) is 0.538. The highest BCUT2D eigenvalue weighted by Gasteiger charge is 2.05. The number of hydrogen-bond acceptors (Lipinski definition) is 3. The molecule has 0 fully saturated rings. The molecule has 0 saturated carbocycles. The van der Waals surface area contributed by atoms with Crippen molar-refractivity contribution in [3.8, 4) is 0 Å². The molecule has 4 nitrogen and oxygen atoms in total. The molecular formula is C13H22N2O2S. The fourth-order valence-electron chi connectivity index (χ4n) is 1.70. The molecule has 0 aliphatic carbocycles. The molecule has 0 radical (unpaired) electrons. The topological polar surface area (TPSA) is 58.2 Å². The highest BCUT2D eigenvalue weighted by Crippen LogP contribution is 2.20. The second-order valence-corrected chi connectivity index (χ2v) is 6.29. The highest BCUT2D eigenvalue weighted by molar-refractivity contribution is 7.92. The standard InChI is InChI=1S/C13H22N2O2S/c1-4-5-6-9-14-12-7-8-13(11(2)10-12)15-18(3,16)17/h7-8,10,14-15H,4-6,9H2,1-3H3. The van der Waals surface area contributed by atoms with Gasteiger partial charge in [-0.2, -0.15) is 0 Å². The third kappa shape index (κ3) is 5.40. The van der Waals surface area contributed by atoms with E-state index in [1.165, 1.54) is 12.8 Å². The molecule has 2 N–H and O–H groups in total. The van der Waals surface area contributed by atoms with Gasteiger partial charge in [-0.25, -0.2) is 8.42 Å². The monoisotopic (exact) mass is 270 g/mol. The Bertz CT molecular complexity index is 484. The minimum absolute atomic E-state index is 0.636. The van der Waals surface area contributed by atoms with Crippen molar-refractivity contribution >= 4 is 21.4 Å². The van der Waals surface area contributed by atoms with Crippen LogP contribution in [0.1, 0.15) is 31.7 Å². The van der Waals surface area contributed by atoms with Gasteiger partial charge < -0.3 is 5.32 Å². The first-order valence-electron chi connectivity index (χ1n) is 6.24. The average Bonchev–Trinajstić information content (AvgIpc) is 2.26. The SMILES string of the molecule is CCCCCNc1ccc(NS(C)(=O)=O)c(C)c1. The summed E-state index contributed by atoms with van der Waals surface area (Å²) in [5.41, 5.74) is 2.58. The molecule has 0 amide bonds.